The van der Waals surface area contributed by atoms with Crippen LogP contribution in [0.3, 0.4) is 0 Å². The average Bonchev–Trinajstić information content (AvgIpc) is 2.88. The van der Waals surface area contributed by atoms with Crippen LogP contribution in [0, 0.1) is 0 Å². The molecule has 0 radical (unpaired) electrons. The van der Waals surface area contributed by atoms with Crippen LogP contribution in [-0.4, -0.2) is 22.1 Å². The first-order chi connectivity index (χ1) is 8.65. The summed E-state index contributed by atoms with van der Waals surface area (Å²) in [5.41, 5.74) is 1.45. The monoisotopic (exact) mass is 285 g/mol. The van der Waals surface area contributed by atoms with Gasteiger partial charge in [-0.15, -0.1) is 16.7 Å². The van der Waals surface area contributed by atoms with E-state index in [1.165, 1.54) is 0 Å². The second-order valence-corrected chi connectivity index (χ2v) is 4.72. The second kappa shape index (κ2) is 5.59. The van der Waals surface area contributed by atoms with Crippen LogP contribution >= 0.6 is 23.2 Å². The molecule has 1 aromatic carbocycles. The Morgan fingerprint density at radius 1 is 1.44 bits per heavy atom. The molecule has 2 aromatic rings. The van der Waals surface area contributed by atoms with Crippen molar-refractivity contribution < 1.29 is 4.74 Å². The lowest BCUT2D eigenvalue weighted by molar-refractivity contribution is 0.414. The predicted octanol–water partition coefficient (Wildman–Crippen LogP) is 3.62. The fourth-order valence-corrected chi connectivity index (χ4v) is 1.85. The normalized spacial score (nSPS) is 12.4. The van der Waals surface area contributed by atoms with Crippen molar-refractivity contribution in [1.82, 2.24) is 15.0 Å². The zero-order valence-electron chi connectivity index (χ0n) is 10.1. The third-order valence-electron chi connectivity index (χ3n) is 2.59. The summed E-state index contributed by atoms with van der Waals surface area (Å²) in [5, 5.41) is 8.52. The fourth-order valence-electron chi connectivity index (χ4n) is 1.54. The maximum Gasteiger partial charge on any atom is 0.121 e. The maximum absolute atomic E-state index is 6.13. The lowest BCUT2D eigenvalue weighted by Gasteiger charge is -2.06. The highest BCUT2D eigenvalue weighted by molar-refractivity contribution is 6.32. The van der Waals surface area contributed by atoms with Crippen LogP contribution in [-0.2, 0) is 0 Å². The van der Waals surface area contributed by atoms with E-state index in [9.17, 15) is 0 Å². The number of hydrogen-bond acceptors (Lipinski definition) is 3. The molecule has 1 heterocycles. The number of methoxy groups -OCH3 is 1. The Balaban J connectivity index is 2.39. The third kappa shape index (κ3) is 2.60. The van der Waals surface area contributed by atoms with Crippen molar-refractivity contribution in [2.45, 2.75) is 18.7 Å². The summed E-state index contributed by atoms with van der Waals surface area (Å²) in [6.07, 6.45) is 2.58. The molecule has 0 aliphatic heterocycles. The Labute approximate surface area is 115 Å². The highest BCUT2D eigenvalue weighted by atomic mass is 35.5. The van der Waals surface area contributed by atoms with E-state index >= 15 is 0 Å². The third-order valence-corrected chi connectivity index (χ3v) is 3.44. The molecule has 18 heavy (non-hydrogen) atoms. The van der Waals surface area contributed by atoms with E-state index < -0.39 is 0 Å². The quantitative estimate of drug-likeness (QED) is 0.806. The van der Waals surface area contributed by atoms with Gasteiger partial charge in [-0.1, -0.05) is 23.7 Å². The number of halogens is 2. The first-order valence-electron chi connectivity index (χ1n) is 5.56. The van der Waals surface area contributed by atoms with Crippen LogP contribution in [0.5, 0.6) is 5.75 Å². The van der Waals surface area contributed by atoms with E-state index in [4.69, 9.17) is 27.9 Å². The van der Waals surface area contributed by atoms with Gasteiger partial charge in [0, 0.05) is 6.07 Å². The molecule has 0 aliphatic rings. The number of nitrogens with zero attached hydrogens (tertiary/aromatic N) is 3. The van der Waals surface area contributed by atoms with Crippen molar-refractivity contribution in [2.24, 2.45) is 0 Å². The molecule has 0 fully saturated rings. The van der Waals surface area contributed by atoms with E-state index in [-0.39, 0.29) is 5.38 Å². The van der Waals surface area contributed by atoms with Crippen LogP contribution in [0.4, 0.5) is 0 Å². The van der Waals surface area contributed by atoms with Gasteiger partial charge in [-0.2, -0.15) is 0 Å². The van der Waals surface area contributed by atoms with E-state index in [1.807, 2.05) is 6.92 Å². The van der Waals surface area contributed by atoms with Gasteiger partial charge in [0.2, 0.25) is 0 Å². The van der Waals surface area contributed by atoms with E-state index in [1.54, 1.807) is 36.2 Å². The molecule has 0 amide bonds. The number of aromatic nitrogens is 3. The number of rotatable bonds is 4. The van der Waals surface area contributed by atoms with Gasteiger partial charge in [0.25, 0.3) is 0 Å². The van der Waals surface area contributed by atoms with E-state index in [0.717, 1.165) is 17.8 Å². The van der Waals surface area contributed by atoms with Crippen molar-refractivity contribution >= 4 is 23.2 Å². The molecule has 0 saturated carbocycles. The topological polar surface area (TPSA) is 39.9 Å². The molecule has 0 N–H and O–H groups in total. The Hall–Kier alpha value is -1.26. The summed E-state index contributed by atoms with van der Waals surface area (Å²) >= 11 is 12.2. The number of alkyl halides is 1. The number of benzene rings is 1. The molecule has 1 atom stereocenters. The predicted molar refractivity (Wildman–Crippen MR) is 71.8 cm³/mol. The SMILES string of the molecule is CCC(Cl)c1cn(-c2cc(OC)ccc2Cl)nn1. The smallest absolute Gasteiger partial charge is 0.121 e. The Kier molecular flexibility index (Phi) is 4.09. The van der Waals surface area contributed by atoms with Gasteiger partial charge >= 0.3 is 0 Å². The number of ether oxygens (including phenoxy) is 1. The van der Waals surface area contributed by atoms with Crippen LogP contribution in [0.25, 0.3) is 5.69 Å². The molecular formula is C12H13Cl2N3O. The molecule has 0 saturated heterocycles. The van der Waals surface area contributed by atoms with Crippen molar-refractivity contribution in [3.8, 4) is 11.4 Å². The van der Waals surface area contributed by atoms with Crippen molar-refractivity contribution in [3.05, 3.63) is 35.1 Å². The van der Waals surface area contributed by atoms with Crippen LogP contribution in [0.15, 0.2) is 24.4 Å². The molecule has 2 rings (SSSR count). The van der Waals surface area contributed by atoms with Gasteiger partial charge in [0.1, 0.15) is 11.4 Å². The summed E-state index contributed by atoms with van der Waals surface area (Å²) in [7, 11) is 1.60. The average molecular weight is 286 g/mol. The van der Waals surface area contributed by atoms with Crippen molar-refractivity contribution in [2.75, 3.05) is 7.11 Å². The van der Waals surface area contributed by atoms with Gasteiger partial charge < -0.3 is 4.74 Å². The first kappa shape index (κ1) is 13.2. The minimum atomic E-state index is -0.136. The van der Waals surface area contributed by atoms with Gasteiger partial charge in [0.15, 0.2) is 0 Å². The largest absolute Gasteiger partial charge is 0.497 e. The summed E-state index contributed by atoms with van der Waals surface area (Å²) in [6, 6.07) is 5.35. The molecule has 0 spiro atoms. The number of hydrogen-bond donors (Lipinski definition) is 0. The van der Waals surface area contributed by atoms with E-state index in [2.05, 4.69) is 10.3 Å². The zero-order chi connectivity index (χ0) is 13.1. The fraction of sp³-hybridized carbons (Fsp3) is 0.333. The van der Waals surface area contributed by atoms with Crippen LogP contribution in [0.2, 0.25) is 5.02 Å². The molecule has 1 unspecified atom stereocenters. The summed E-state index contributed by atoms with van der Waals surface area (Å²) in [5.74, 6) is 0.712. The van der Waals surface area contributed by atoms with Crippen LogP contribution in [0.1, 0.15) is 24.4 Å². The molecule has 0 aliphatic carbocycles. The lowest BCUT2D eigenvalue weighted by atomic mass is 10.2. The summed E-state index contributed by atoms with van der Waals surface area (Å²) < 4.78 is 6.76. The summed E-state index contributed by atoms with van der Waals surface area (Å²) in [4.78, 5) is 0. The van der Waals surface area contributed by atoms with Crippen LogP contribution < -0.4 is 4.74 Å². The second-order valence-electron chi connectivity index (χ2n) is 3.78. The molecule has 4 nitrogen and oxygen atoms in total. The Bertz CT molecular complexity index is 542. The van der Waals surface area contributed by atoms with Crippen molar-refractivity contribution in [3.63, 3.8) is 0 Å². The summed E-state index contributed by atoms with van der Waals surface area (Å²) in [6.45, 7) is 2.00. The van der Waals surface area contributed by atoms with Gasteiger partial charge in [-0.25, -0.2) is 4.68 Å². The molecular weight excluding hydrogens is 273 g/mol. The minimum Gasteiger partial charge on any atom is -0.497 e. The molecule has 1 aromatic heterocycles. The standard InChI is InChI=1S/C12H13Cl2N3O/c1-3-9(13)11-7-17(16-15-11)12-6-8(18-2)4-5-10(12)14/h4-7,9H,3H2,1-2H3. The van der Waals surface area contributed by atoms with Gasteiger partial charge in [0.05, 0.1) is 29.4 Å². The van der Waals surface area contributed by atoms with Gasteiger partial charge in [-0.3, -0.25) is 0 Å². The maximum atomic E-state index is 6.13. The highest BCUT2D eigenvalue weighted by Crippen LogP contribution is 2.27. The zero-order valence-corrected chi connectivity index (χ0v) is 11.6. The van der Waals surface area contributed by atoms with Crippen molar-refractivity contribution in [1.29, 1.82) is 0 Å². The molecule has 6 heteroatoms. The first-order valence-corrected chi connectivity index (χ1v) is 6.37. The molecule has 96 valence electrons. The highest BCUT2D eigenvalue weighted by Gasteiger charge is 2.12. The van der Waals surface area contributed by atoms with Gasteiger partial charge in [-0.05, 0) is 18.6 Å². The molecule has 0 bridgehead atoms. The Morgan fingerprint density at radius 2 is 2.22 bits per heavy atom. The van der Waals surface area contributed by atoms with E-state index in [0.29, 0.717) is 10.8 Å². The lowest BCUT2D eigenvalue weighted by Crippen LogP contribution is -1.97. The minimum absolute atomic E-state index is 0.136. The Morgan fingerprint density at radius 3 is 2.89 bits per heavy atom.